The zero-order valence-electron chi connectivity index (χ0n) is 19.9. The number of nitrogens with zero attached hydrogens (tertiary/aromatic N) is 1. The number of carbonyl (C=O) groups is 2. The summed E-state index contributed by atoms with van der Waals surface area (Å²) < 4.78 is 33.2. The number of carbonyl (C=O) groups excluding carboxylic acids is 2. The highest BCUT2D eigenvalue weighted by atomic mass is 32.2. The lowest BCUT2D eigenvalue weighted by Crippen LogP contribution is -2.48. The Morgan fingerprint density at radius 1 is 0.886 bits per heavy atom. The number of aryl methyl sites for hydroxylation is 1. The predicted octanol–water partition coefficient (Wildman–Crippen LogP) is 4.28. The number of ketones is 1. The Hall–Kier alpha value is -3.33. The van der Waals surface area contributed by atoms with Gasteiger partial charge in [-0.25, -0.2) is 8.42 Å². The fourth-order valence-corrected chi connectivity index (χ4v) is 5.74. The molecular formula is C27H28N2O5S. The molecule has 2 atom stereocenters. The number of sulfonamides is 1. The topological polar surface area (TPSA) is 92.8 Å². The van der Waals surface area contributed by atoms with Crippen LogP contribution in [0.15, 0.2) is 77.7 Å². The molecule has 1 aliphatic heterocycles. The molecule has 1 saturated heterocycles. The van der Waals surface area contributed by atoms with E-state index in [1.54, 1.807) is 36.4 Å². The first-order valence-corrected chi connectivity index (χ1v) is 12.9. The summed E-state index contributed by atoms with van der Waals surface area (Å²) in [5.74, 6) is -0.631. The third-order valence-corrected chi connectivity index (χ3v) is 7.69. The minimum atomic E-state index is -3.71. The largest absolute Gasteiger partial charge is 0.373 e. The van der Waals surface area contributed by atoms with Crippen molar-refractivity contribution in [2.24, 2.45) is 0 Å². The van der Waals surface area contributed by atoms with E-state index in [0.717, 1.165) is 5.56 Å². The van der Waals surface area contributed by atoms with Crippen molar-refractivity contribution in [2.45, 2.75) is 37.9 Å². The van der Waals surface area contributed by atoms with Gasteiger partial charge in [-0.1, -0.05) is 42.0 Å². The molecule has 0 radical (unpaired) electrons. The number of anilines is 1. The van der Waals surface area contributed by atoms with Crippen molar-refractivity contribution >= 4 is 27.4 Å². The molecule has 0 spiro atoms. The van der Waals surface area contributed by atoms with E-state index >= 15 is 0 Å². The summed E-state index contributed by atoms with van der Waals surface area (Å²) in [6.07, 6.45) is -0.387. The molecule has 4 rings (SSSR count). The summed E-state index contributed by atoms with van der Waals surface area (Å²) in [6, 6.07) is 19.9. The number of nitrogens with one attached hydrogen (secondary N) is 1. The van der Waals surface area contributed by atoms with Crippen molar-refractivity contribution < 1.29 is 22.7 Å². The monoisotopic (exact) mass is 492 g/mol. The molecule has 2 unspecified atom stereocenters. The molecule has 3 aromatic carbocycles. The lowest BCUT2D eigenvalue weighted by molar-refractivity contribution is -0.0440. The van der Waals surface area contributed by atoms with Crippen LogP contribution in [-0.2, 0) is 14.8 Å². The third kappa shape index (κ3) is 5.51. The Morgan fingerprint density at radius 3 is 2.14 bits per heavy atom. The van der Waals surface area contributed by atoms with Crippen LogP contribution < -0.4 is 5.32 Å². The van der Waals surface area contributed by atoms with Gasteiger partial charge in [-0.2, -0.15) is 4.31 Å². The standard InChI is InChI=1S/C27H28N2O5S/c1-18-9-14-25(24(15-18)26(30)21-7-5-4-6-8-21)28-27(31)22-10-12-23(13-11-22)35(32,33)29-16-19(2)34-20(3)17-29/h4-15,19-20H,16-17H2,1-3H3,(H,28,31). The van der Waals surface area contributed by atoms with Gasteiger partial charge in [0, 0.05) is 29.8 Å². The number of hydrogen-bond acceptors (Lipinski definition) is 5. The number of benzene rings is 3. The second-order valence-electron chi connectivity index (χ2n) is 8.80. The van der Waals surface area contributed by atoms with Gasteiger partial charge in [-0.3, -0.25) is 9.59 Å². The minimum absolute atomic E-state index is 0.116. The molecule has 8 heteroatoms. The maximum absolute atomic E-state index is 13.1. The van der Waals surface area contributed by atoms with Crippen LogP contribution in [-0.4, -0.2) is 49.7 Å². The minimum Gasteiger partial charge on any atom is -0.373 e. The average Bonchev–Trinajstić information content (AvgIpc) is 2.84. The fraction of sp³-hybridized carbons (Fsp3) is 0.259. The number of amides is 1. The van der Waals surface area contributed by atoms with Crippen LogP contribution >= 0.6 is 0 Å². The Labute approximate surface area is 205 Å². The average molecular weight is 493 g/mol. The van der Waals surface area contributed by atoms with Crippen LogP contribution in [0.5, 0.6) is 0 Å². The van der Waals surface area contributed by atoms with Gasteiger partial charge in [0.15, 0.2) is 5.78 Å². The molecule has 0 bridgehead atoms. The molecule has 35 heavy (non-hydrogen) atoms. The SMILES string of the molecule is Cc1ccc(NC(=O)c2ccc(S(=O)(=O)N3CC(C)OC(C)C3)cc2)c(C(=O)c2ccccc2)c1. The van der Waals surface area contributed by atoms with Gasteiger partial charge < -0.3 is 10.1 Å². The molecule has 1 fully saturated rings. The van der Waals surface area contributed by atoms with Crippen LogP contribution in [0.4, 0.5) is 5.69 Å². The van der Waals surface area contributed by atoms with Crippen molar-refractivity contribution in [3.05, 3.63) is 95.1 Å². The van der Waals surface area contributed by atoms with Crippen LogP contribution in [0.25, 0.3) is 0 Å². The van der Waals surface area contributed by atoms with Crippen molar-refractivity contribution in [1.29, 1.82) is 0 Å². The summed E-state index contributed by atoms with van der Waals surface area (Å²) in [7, 11) is -3.71. The first-order valence-electron chi connectivity index (χ1n) is 11.4. The second-order valence-corrected chi connectivity index (χ2v) is 10.7. The van der Waals surface area contributed by atoms with E-state index in [1.165, 1.54) is 28.6 Å². The van der Waals surface area contributed by atoms with Crippen LogP contribution in [0.1, 0.15) is 45.7 Å². The maximum atomic E-state index is 13.1. The number of hydrogen-bond donors (Lipinski definition) is 1. The Bertz CT molecular complexity index is 1330. The molecule has 7 nitrogen and oxygen atoms in total. The Balaban J connectivity index is 1.54. The van der Waals surface area contributed by atoms with Crippen LogP contribution in [0.3, 0.4) is 0 Å². The van der Waals surface area contributed by atoms with Crippen molar-refractivity contribution in [3.8, 4) is 0 Å². The van der Waals surface area contributed by atoms with E-state index in [2.05, 4.69) is 5.32 Å². The Kier molecular flexibility index (Phi) is 7.16. The summed E-state index contributed by atoms with van der Waals surface area (Å²) in [5, 5.41) is 2.80. The van der Waals surface area contributed by atoms with Gasteiger partial charge in [0.2, 0.25) is 10.0 Å². The highest BCUT2D eigenvalue weighted by molar-refractivity contribution is 7.89. The van der Waals surface area contributed by atoms with Crippen LogP contribution in [0.2, 0.25) is 0 Å². The van der Waals surface area contributed by atoms with E-state index in [9.17, 15) is 18.0 Å². The van der Waals surface area contributed by atoms with E-state index in [1.807, 2.05) is 32.9 Å². The Morgan fingerprint density at radius 2 is 1.51 bits per heavy atom. The van der Waals surface area contributed by atoms with Gasteiger partial charge >= 0.3 is 0 Å². The summed E-state index contributed by atoms with van der Waals surface area (Å²) in [6.45, 7) is 6.12. The van der Waals surface area contributed by atoms with Gasteiger partial charge in [0.05, 0.1) is 22.8 Å². The maximum Gasteiger partial charge on any atom is 0.255 e. The summed E-state index contributed by atoms with van der Waals surface area (Å²) >= 11 is 0. The molecule has 0 saturated carbocycles. The molecule has 0 aromatic heterocycles. The lowest BCUT2D eigenvalue weighted by Gasteiger charge is -2.34. The highest BCUT2D eigenvalue weighted by Gasteiger charge is 2.32. The van der Waals surface area contributed by atoms with Gasteiger partial charge in [-0.15, -0.1) is 0 Å². The van der Waals surface area contributed by atoms with E-state index in [-0.39, 0.29) is 41.5 Å². The van der Waals surface area contributed by atoms with E-state index < -0.39 is 15.9 Å². The van der Waals surface area contributed by atoms with Gasteiger partial charge in [-0.05, 0) is 57.2 Å². The van der Waals surface area contributed by atoms with Crippen molar-refractivity contribution in [3.63, 3.8) is 0 Å². The summed E-state index contributed by atoms with van der Waals surface area (Å²) in [4.78, 5) is 26.1. The first kappa shape index (κ1) is 24.8. The molecule has 1 heterocycles. The molecule has 1 aliphatic rings. The number of morpholine rings is 1. The predicted molar refractivity (Wildman–Crippen MR) is 134 cm³/mol. The zero-order valence-corrected chi connectivity index (χ0v) is 20.7. The van der Waals surface area contributed by atoms with Gasteiger partial charge in [0.1, 0.15) is 0 Å². The third-order valence-electron chi connectivity index (χ3n) is 5.84. The number of ether oxygens (including phenoxy) is 1. The van der Waals surface area contributed by atoms with Crippen molar-refractivity contribution in [2.75, 3.05) is 18.4 Å². The first-order chi connectivity index (χ1) is 16.6. The van der Waals surface area contributed by atoms with Gasteiger partial charge in [0.25, 0.3) is 5.91 Å². The smallest absolute Gasteiger partial charge is 0.255 e. The molecule has 0 aliphatic carbocycles. The molecule has 1 amide bonds. The summed E-state index contributed by atoms with van der Waals surface area (Å²) in [5.41, 5.74) is 2.48. The van der Waals surface area contributed by atoms with E-state index in [0.29, 0.717) is 16.8 Å². The number of rotatable bonds is 6. The lowest BCUT2D eigenvalue weighted by atomic mass is 9.99. The zero-order chi connectivity index (χ0) is 25.2. The molecule has 3 aromatic rings. The van der Waals surface area contributed by atoms with Crippen LogP contribution in [0, 0.1) is 6.92 Å². The molecule has 182 valence electrons. The molecule has 1 N–H and O–H groups in total. The normalized spacial score (nSPS) is 18.7. The second kappa shape index (κ2) is 10.1. The van der Waals surface area contributed by atoms with E-state index in [4.69, 9.17) is 4.74 Å². The highest BCUT2D eigenvalue weighted by Crippen LogP contribution is 2.24. The molecular weight excluding hydrogens is 464 g/mol. The van der Waals surface area contributed by atoms with Crippen molar-refractivity contribution in [1.82, 2.24) is 4.31 Å². The fourth-order valence-electron chi connectivity index (χ4n) is 4.15. The quantitative estimate of drug-likeness (QED) is 0.519.